The lowest BCUT2D eigenvalue weighted by molar-refractivity contribution is -0.385. The second-order valence-corrected chi connectivity index (χ2v) is 11.5. The maximum absolute atomic E-state index is 11.3. The van der Waals surface area contributed by atoms with Gasteiger partial charge in [-0.05, 0) is 65.8 Å². The first-order valence-corrected chi connectivity index (χ1v) is 13.2. The molecule has 1 aliphatic carbocycles. The maximum atomic E-state index is 11.3. The quantitative estimate of drug-likeness (QED) is 0.300. The molecule has 0 bridgehead atoms. The van der Waals surface area contributed by atoms with Crippen molar-refractivity contribution in [2.75, 3.05) is 5.32 Å². The third kappa shape index (κ3) is 4.69. The summed E-state index contributed by atoms with van der Waals surface area (Å²) in [5, 5.41) is 26.6. The van der Waals surface area contributed by atoms with E-state index in [1.165, 1.54) is 12.1 Å². The number of aliphatic imine (C=N–C) groups is 1. The van der Waals surface area contributed by atoms with E-state index >= 15 is 0 Å². The van der Waals surface area contributed by atoms with Crippen LogP contribution in [-0.2, 0) is 10.8 Å². The molecular formula is C30H29ClN4O4. The molecule has 0 amide bonds. The number of allylic oxidation sites excluding steroid dienone is 8. The van der Waals surface area contributed by atoms with Crippen molar-refractivity contribution in [3.8, 4) is 0 Å². The number of benzene rings is 2. The van der Waals surface area contributed by atoms with E-state index in [0.29, 0.717) is 5.03 Å². The van der Waals surface area contributed by atoms with Crippen molar-refractivity contribution in [1.82, 2.24) is 0 Å². The molecule has 0 aromatic heterocycles. The van der Waals surface area contributed by atoms with Crippen molar-refractivity contribution >= 4 is 40.1 Å². The third-order valence-electron chi connectivity index (χ3n) is 7.93. The zero-order valence-electron chi connectivity index (χ0n) is 22.2. The molecule has 2 aliphatic heterocycles. The van der Waals surface area contributed by atoms with Crippen LogP contribution in [0, 0.1) is 20.2 Å². The van der Waals surface area contributed by atoms with Crippen LogP contribution in [0.5, 0.6) is 0 Å². The van der Waals surface area contributed by atoms with Gasteiger partial charge in [0.05, 0.1) is 21.2 Å². The second kappa shape index (κ2) is 9.61. The standard InChI is InChI=1S/C30H29ClN4O4/c1-29(2)22-16-20(34(36)37)10-12-24(22)32-26(29)14-8-18-6-5-7-19(28(18)31)9-15-27-30(3,4)23-17-21(35(38)39)11-13-25(23)33-27/h8-17,32H,5-7H2,1-4H3/b15-9+,18-8-,26-14-. The van der Waals surface area contributed by atoms with Crippen LogP contribution in [0.25, 0.3) is 0 Å². The molecule has 0 saturated heterocycles. The van der Waals surface area contributed by atoms with Gasteiger partial charge in [0.2, 0.25) is 0 Å². The van der Waals surface area contributed by atoms with E-state index in [9.17, 15) is 20.2 Å². The molecular weight excluding hydrogens is 516 g/mol. The van der Waals surface area contributed by atoms with Gasteiger partial charge >= 0.3 is 0 Å². The Kier molecular flexibility index (Phi) is 6.55. The minimum atomic E-state index is -0.466. The van der Waals surface area contributed by atoms with Crippen molar-refractivity contribution < 1.29 is 9.85 Å². The lowest BCUT2D eigenvalue weighted by Gasteiger charge is -2.21. The Morgan fingerprint density at radius 1 is 0.897 bits per heavy atom. The Bertz CT molecular complexity index is 1580. The fraction of sp³-hybridized carbons (Fsp3) is 0.300. The number of rotatable bonds is 5. The van der Waals surface area contributed by atoms with Gasteiger partial charge in [0.1, 0.15) is 0 Å². The van der Waals surface area contributed by atoms with Crippen molar-refractivity contribution in [3.05, 3.63) is 114 Å². The number of nitrogens with one attached hydrogen (secondary N) is 1. The maximum Gasteiger partial charge on any atom is 0.269 e. The summed E-state index contributed by atoms with van der Waals surface area (Å²) in [5.41, 5.74) is 6.44. The van der Waals surface area contributed by atoms with Crippen molar-refractivity contribution in [3.63, 3.8) is 0 Å². The third-order valence-corrected chi connectivity index (χ3v) is 8.41. The van der Waals surface area contributed by atoms with Gasteiger partial charge in [-0.3, -0.25) is 25.2 Å². The normalized spacial score (nSPS) is 21.2. The summed E-state index contributed by atoms with van der Waals surface area (Å²) in [6.07, 6.45) is 10.7. The van der Waals surface area contributed by atoms with E-state index in [2.05, 4.69) is 5.32 Å². The molecule has 39 heavy (non-hydrogen) atoms. The van der Waals surface area contributed by atoms with E-state index in [4.69, 9.17) is 16.6 Å². The summed E-state index contributed by atoms with van der Waals surface area (Å²) in [5.74, 6) is 0. The lowest BCUT2D eigenvalue weighted by Crippen LogP contribution is -2.23. The average Bonchev–Trinajstić information content (AvgIpc) is 3.30. The summed E-state index contributed by atoms with van der Waals surface area (Å²) in [6, 6.07) is 9.69. The first-order chi connectivity index (χ1) is 18.4. The van der Waals surface area contributed by atoms with E-state index in [1.54, 1.807) is 24.3 Å². The molecule has 2 aromatic rings. The predicted octanol–water partition coefficient (Wildman–Crippen LogP) is 8.31. The molecule has 2 aromatic carbocycles. The molecule has 0 radical (unpaired) electrons. The van der Waals surface area contributed by atoms with Crippen LogP contribution >= 0.6 is 11.6 Å². The first-order valence-electron chi connectivity index (χ1n) is 12.8. The summed E-state index contributed by atoms with van der Waals surface area (Å²) in [7, 11) is 0. The van der Waals surface area contributed by atoms with Gasteiger partial charge in [0, 0.05) is 51.5 Å². The lowest BCUT2D eigenvalue weighted by atomic mass is 9.81. The zero-order chi connectivity index (χ0) is 28.1. The van der Waals surface area contributed by atoms with Crippen LogP contribution in [0.1, 0.15) is 58.1 Å². The van der Waals surface area contributed by atoms with Crippen LogP contribution in [0.2, 0.25) is 0 Å². The van der Waals surface area contributed by atoms with E-state index in [0.717, 1.165) is 64.3 Å². The Morgan fingerprint density at radius 3 is 2.26 bits per heavy atom. The van der Waals surface area contributed by atoms with Crippen molar-refractivity contribution in [1.29, 1.82) is 0 Å². The smallest absolute Gasteiger partial charge is 0.269 e. The summed E-state index contributed by atoms with van der Waals surface area (Å²) in [4.78, 5) is 26.5. The molecule has 200 valence electrons. The number of hydrogen-bond donors (Lipinski definition) is 1. The second-order valence-electron chi connectivity index (χ2n) is 11.1. The number of nitro groups is 2. The van der Waals surface area contributed by atoms with Gasteiger partial charge in [0.25, 0.3) is 11.4 Å². The summed E-state index contributed by atoms with van der Waals surface area (Å²) < 4.78 is 0. The average molecular weight is 545 g/mol. The topological polar surface area (TPSA) is 111 Å². The van der Waals surface area contributed by atoms with Crippen LogP contribution in [-0.4, -0.2) is 15.6 Å². The minimum absolute atomic E-state index is 0.0606. The molecule has 9 heteroatoms. The molecule has 0 saturated carbocycles. The highest BCUT2D eigenvalue weighted by Crippen LogP contribution is 2.45. The fourth-order valence-electron chi connectivity index (χ4n) is 5.43. The highest BCUT2D eigenvalue weighted by Gasteiger charge is 2.36. The molecule has 0 fully saturated rings. The summed E-state index contributed by atoms with van der Waals surface area (Å²) >= 11 is 6.87. The monoisotopic (exact) mass is 544 g/mol. The van der Waals surface area contributed by atoms with Gasteiger partial charge < -0.3 is 5.32 Å². The molecule has 0 atom stereocenters. The van der Waals surface area contributed by atoms with E-state index in [1.807, 2.05) is 52.0 Å². The van der Waals surface area contributed by atoms with Crippen LogP contribution < -0.4 is 5.32 Å². The number of nitrogens with zero attached hydrogens (tertiary/aromatic N) is 3. The highest BCUT2D eigenvalue weighted by molar-refractivity contribution is 6.32. The fourth-order valence-corrected chi connectivity index (χ4v) is 5.74. The Balaban J connectivity index is 1.40. The number of anilines is 1. The number of halogens is 1. The van der Waals surface area contributed by atoms with E-state index in [-0.39, 0.29) is 21.2 Å². The molecule has 0 unspecified atom stereocenters. The Labute approximate surface area is 231 Å². The number of non-ortho nitro benzene ring substituents is 2. The molecule has 5 rings (SSSR count). The number of fused-ring (bicyclic) bond motifs is 2. The van der Waals surface area contributed by atoms with Crippen molar-refractivity contribution in [2.24, 2.45) is 4.99 Å². The predicted molar refractivity (Wildman–Crippen MR) is 155 cm³/mol. The zero-order valence-corrected chi connectivity index (χ0v) is 23.0. The van der Waals surface area contributed by atoms with Gasteiger partial charge in [-0.15, -0.1) is 0 Å². The van der Waals surface area contributed by atoms with Crippen molar-refractivity contribution in [2.45, 2.75) is 57.8 Å². The van der Waals surface area contributed by atoms with Gasteiger partial charge in [-0.1, -0.05) is 51.4 Å². The number of nitro benzene ring substituents is 2. The van der Waals surface area contributed by atoms with E-state index < -0.39 is 10.8 Å². The minimum Gasteiger partial charge on any atom is -0.358 e. The molecule has 0 spiro atoms. The highest BCUT2D eigenvalue weighted by atomic mass is 35.5. The van der Waals surface area contributed by atoms with Crippen LogP contribution in [0.15, 0.2) is 87.6 Å². The largest absolute Gasteiger partial charge is 0.358 e. The van der Waals surface area contributed by atoms with Gasteiger partial charge in [-0.25, -0.2) is 0 Å². The van der Waals surface area contributed by atoms with Gasteiger partial charge in [-0.2, -0.15) is 0 Å². The molecule has 1 N–H and O–H groups in total. The van der Waals surface area contributed by atoms with Gasteiger partial charge in [0.15, 0.2) is 0 Å². The van der Waals surface area contributed by atoms with Crippen LogP contribution in [0.4, 0.5) is 22.7 Å². The number of hydrogen-bond acceptors (Lipinski definition) is 6. The SMILES string of the molecule is CC1(C)C(/C=C/C2=C(Cl)C(=C\C=C3/Nc4ccc([N+](=O)[O-])cc4C3(C)C)/CCC2)=Nc2ccc([N+](=O)[O-])cc21. The summed E-state index contributed by atoms with van der Waals surface area (Å²) in [6.45, 7) is 8.12. The molecule has 2 heterocycles. The molecule has 8 nitrogen and oxygen atoms in total. The first kappa shape index (κ1) is 26.6. The Hall–Kier alpha value is -4.04. The Morgan fingerprint density at radius 2 is 1.56 bits per heavy atom. The van der Waals surface area contributed by atoms with Crippen LogP contribution in [0.3, 0.4) is 0 Å². The molecule has 3 aliphatic rings.